The minimum absolute atomic E-state index is 0.419. The summed E-state index contributed by atoms with van der Waals surface area (Å²) < 4.78 is 0. The Balaban J connectivity index is 2.13. The molecule has 2 aliphatic heterocycles. The lowest BCUT2D eigenvalue weighted by Crippen LogP contribution is -2.52. The molecule has 0 bridgehead atoms. The summed E-state index contributed by atoms with van der Waals surface area (Å²) in [5.74, 6) is -1.06. The van der Waals surface area contributed by atoms with Gasteiger partial charge in [-0.2, -0.15) is 0 Å². The molecule has 0 aliphatic carbocycles. The molecule has 1 aromatic carbocycles. The van der Waals surface area contributed by atoms with Crippen LogP contribution in [-0.2, 0) is 15.1 Å². The lowest BCUT2D eigenvalue weighted by Gasteiger charge is -2.21. The number of imide groups is 1. The summed E-state index contributed by atoms with van der Waals surface area (Å²) in [4.78, 5) is 38.7. The number of nitrogens with zero attached hydrogens (tertiary/aromatic N) is 1. The molecule has 1 aromatic rings. The number of benzene rings is 1. The molecule has 3 rings (SSSR count). The van der Waals surface area contributed by atoms with Crippen LogP contribution >= 0.6 is 11.6 Å². The standard InChI is InChI=1S/C16H18ClN3O3/c1-3-4-5-6-20-12-9(2)7-10(17)8-11(12)16(14(20)22)13(21)18-15(23)19-16/h7-8H,3-6H2,1-2H3,(H2,18,19,21,23). The molecule has 1 atom stereocenters. The van der Waals surface area contributed by atoms with Gasteiger partial charge in [0.15, 0.2) is 0 Å². The number of halogens is 1. The van der Waals surface area contributed by atoms with Crippen molar-refractivity contribution in [1.82, 2.24) is 10.6 Å². The van der Waals surface area contributed by atoms with Crippen LogP contribution in [0.25, 0.3) is 0 Å². The Morgan fingerprint density at radius 1 is 1.22 bits per heavy atom. The van der Waals surface area contributed by atoms with E-state index in [1.165, 1.54) is 0 Å². The van der Waals surface area contributed by atoms with Crippen molar-refractivity contribution < 1.29 is 14.4 Å². The molecule has 1 unspecified atom stereocenters. The lowest BCUT2D eigenvalue weighted by atomic mass is 9.90. The van der Waals surface area contributed by atoms with Gasteiger partial charge in [0.2, 0.25) is 5.54 Å². The van der Waals surface area contributed by atoms with Gasteiger partial charge in [0, 0.05) is 17.1 Å². The number of carbonyl (C=O) groups is 3. The van der Waals surface area contributed by atoms with Crippen molar-refractivity contribution in [3.05, 3.63) is 28.3 Å². The number of nitrogens with one attached hydrogen (secondary N) is 2. The highest BCUT2D eigenvalue weighted by Crippen LogP contribution is 2.45. The Kier molecular flexibility index (Phi) is 3.80. The van der Waals surface area contributed by atoms with Crippen LogP contribution in [0.5, 0.6) is 0 Å². The molecule has 122 valence electrons. The number of rotatable bonds is 4. The monoisotopic (exact) mass is 335 g/mol. The molecule has 2 heterocycles. The van der Waals surface area contributed by atoms with Crippen molar-refractivity contribution in [3.63, 3.8) is 0 Å². The Morgan fingerprint density at radius 3 is 2.57 bits per heavy atom. The Morgan fingerprint density at radius 2 is 1.96 bits per heavy atom. The lowest BCUT2D eigenvalue weighted by molar-refractivity contribution is -0.133. The first-order valence-corrected chi connectivity index (χ1v) is 8.05. The SMILES string of the molecule is CCCCCN1C(=O)C2(NC(=O)NC2=O)c2cc(Cl)cc(C)c21. The fourth-order valence-electron chi connectivity index (χ4n) is 3.33. The van der Waals surface area contributed by atoms with Gasteiger partial charge in [-0.05, 0) is 31.0 Å². The maximum Gasteiger partial charge on any atom is 0.323 e. The van der Waals surface area contributed by atoms with Crippen LogP contribution in [0, 0.1) is 6.92 Å². The van der Waals surface area contributed by atoms with Crippen LogP contribution in [-0.4, -0.2) is 24.4 Å². The number of carbonyl (C=O) groups excluding carboxylic acids is 3. The van der Waals surface area contributed by atoms with Crippen LogP contribution in [0.1, 0.15) is 37.3 Å². The van der Waals surface area contributed by atoms with Gasteiger partial charge in [-0.15, -0.1) is 0 Å². The number of hydrogen-bond donors (Lipinski definition) is 2. The summed E-state index contributed by atoms with van der Waals surface area (Å²) in [7, 11) is 0. The van der Waals surface area contributed by atoms with Gasteiger partial charge in [0.05, 0.1) is 5.69 Å². The summed E-state index contributed by atoms with van der Waals surface area (Å²) in [6, 6.07) is 2.68. The average molecular weight is 336 g/mol. The first-order valence-electron chi connectivity index (χ1n) is 7.68. The highest BCUT2D eigenvalue weighted by molar-refractivity contribution is 6.32. The molecule has 6 nitrogen and oxygen atoms in total. The van der Waals surface area contributed by atoms with Crippen molar-refractivity contribution in [2.75, 3.05) is 11.4 Å². The van der Waals surface area contributed by atoms with Crippen LogP contribution in [0.3, 0.4) is 0 Å². The Bertz CT molecular complexity index is 719. The molecule has 7 heteroatoms. The van der Waals surface area contributed by atoms with Crippen molar-refractivity contribution in [1.29, 1.82) is 0 Å². The number of anilines is 1. The molecule has 0 radical (unpaired) electrons. The number of aryl methyl sites for hydroxylation is 1. The topological polar surface area (TPSA) is 78.5 Å². The fourth-order valence-corrected chi connectivity index (χ4v) is 3.60. The highest BCUT2D eigenvalue weighted by atomic mass is 35.5. The van der Waals surface area contributed by atoms with E-state index in [1.807, 2.05) is 6.92 Å². The first kappa shape index (κ1) is 15.8. The van der Waals surface area contributed by atoms with Crippen molar-refractivity contribution >= 4 is 35.1 Å². The summed E-state index contributed by atoms with van der Waals surface area (Å²) in [6.07, 6.45) is 2.84. The molecule has 1 spiro atoms. The Labute approximate surface area is 139 Å². The number of amides is 4. The third-order valence-corrected chi connectivity index (χ3v) is 4.58. The quantitative estimate of drug-likeness (QED) is 0.503. The molecular weight excluding hydrogens is 318 g/mol. The molecule has 0 saturated carbocycles. The van der Waals surface area contributed by atoms with E-state index in [0.29, 0.717) is 22.8 Å². The molecule has 2 N–H and O–H groups in total. The zero-order chi connectivity index (χ0) is 16.8. The van der Waals surface area contributed by atoms with E-state index in [4.69, 9.17) is 11.6 Å². The van der Waals surface area contributed by atoms with Gasteiger partial charge >= 0.3 is 6.03 Å². The molecule has 4 amide bonds. The van der Waals surface area contributed by atoms with E-state index in [9.17, 15) is 14.4 Å². The third-order valence-electron chi connectivity index (χ3n) is 4.36. The van der Waals surface area contributed by atoms with Crippen molar-refractivity contribution in [3.8, 4) is 0 Å². The highest BCUT2D eigenvalue weighted by Gasteiger charge is 2.61. The van der Waals surface area contributed by atoms with Gasteiger partial charge in [-0.3, -0.25) is 14.9 Å². The van der Waals surface area contributed by atoms with Gasteiger partial charge in [-0.1, -0.05) is 31.4 Å². The fraction of sp³-hybridized carbons (Fsp3) is 0.438. The van der Waals surface area contributed by atoms with E-state index in [1.54, 1.807) is 17.0 Å². The van der Waals surface area contributed by atoms with Crippen molar-refractivity contribution in [2.45, 2.75) is 38.6 Å². The summed E-state index contributed by atoms with van der Waals surface area (Å²) >= 11 is 6.12. The normalized spacial score (nSPS) is 22.6. The van der Waals surface area contributed by atoms with Gasteiger partial charge in [-0.25, -0.2) is 4.79 Å². The number of fused-ring (bicyclic) bond motifs is 2. The molecular formula is C16H18ClN3O3. The van der Waals surface area contributed by atoms with Crippen LogP contribution < -0.4 is 15.5 Å². The van der Waals surface area contributed by atoms with E-state index in [-0.39, 0.29) is 0 Å². The molecule has 0 aromatic heterocycles. The van der Waals surface area contributed by atoms with Gasteiger partial charge in [0.25, 0.3) is 11.8 Å². The number of urea groups is 1. The zero-order valence-corrected chi connectivity index (χ0v) is 13.8. The smallest absolute Gasteiger partial charge is 0.312 e. The minimum Gasteiger partial charge on any atom is -0.312 e. The maximum absolute atomic E-state index is 13.0. The van der Waals surface area contributed by atoms with Gasteiger partial charge < -0.3 is 10.2 Å². The molecule has 2 aliphatic rings. The van der Waals surface area contributed by atoms with Gasteiger partial charge in [0.1, 0.15) is 0 Å². The van der Waals surface area contributed by atoms with Crippen LogP contribution in [0.4, 0.5) is 10.5 Å². The summed E-state index contributed by atoms with van der Waals surface area (Å²) in [5, 5.41) is 5.11. The Hall–Kier alpha value is -2.08. The zero-order valence-electron chi connectivity index (χ0n) is 13.0. The van der Waals surface area contributed by atoms with Crippen LogP contribution in [0.2, 0.25) is 5.02 Å². The minimum atomic E-state index is -1.69. The second-order valence-electron chi connectivity index (χ2n) is 5.94. The van der Waals surface area contributed by atoms with E-state index in [0.717, 1.165) is 24.8 Å². The third kappa shape index (κ3) is 2.20. The number of unbranched alkanes of at least 4 members (excludes halogenated alkanes) is 2. The van der Waals surface area contributed by atoms with E-state index in [2.05, 4.69) is 17.6 Å². The largest absolute Gasteiger partial charge is 0.323 e. The maximum atomic E-state index is 13.0. The summed E-state index contributed by atoms with van der Waals surface area (Å²) in [6.45, 7) is 4.43. The predicted octanol–water partition coefficient (Wildman–Crippen LogP) is 2.22. The predicted molar refractivity (Wildman–Crippen MR) is 86.4 cm³/mol. The van der Waals surface area contributed by atoms with E-state index >= 15 is 0 Å². The molecule has 1 saturated heterocycles. The van der Waals surface area contributed by atoms with Crippen LogP contribution in [0.15, 0.2) is 12.1 Å². The summed E-state index contributed by atoms with van der Waals surface area (Å²) in [5.41, 5.74) is 0.247. The first-order chi connectivity index (χ1) is 10.9. The van der Waals surface area contributed by atoms with Crippen molar-refractivity contribution in [2.24, 2.45) is 0 Å². The number of hydrogen-bond acceptors (Lipinski definition) is 3. The molecule has 1 fully saturated rings. The second-order valence-corrected chi connectivity index (χ2v) is 6.38. The second kappa shape index (κ2) is 5.53. The molecule has 23 heavy (non-hydrogen) atoms. The van der Waals surface area contributed by atoms with E-state index < -0.39 is 23.4 Å². The average Bonchev–Trinajstić information content (AvgIpc) is 2.90.